The highest BCUT2D eigenvalue weighted by Crippen LogP contribution is 2.26. The second-order valence-electron chi connectivity index (χ2n) is 5.20. The van der Waals surface area contributed by atoms with E-state index in [1.807, 2.05) is 10.8 Å². The number of nitrogens with zero attached hydrogens (tertiary/aromatic N) is 2. The number of anilines is 1. The predicted octanol–water partition coefficient (Wildman–Crippen LogP) is 4.52. The van der Waals surface area contributed by atoms with Gasteiger partial charge < -0.3 is 5.32 Å². The van der Waals surface area contributed by atoms with E-state index in [2.05, 4.69) is 26.2 Å². The molecule has 106 valence electrons. The van der Waals surface area contributed by atoms with Crippen molar-refractivity contribution in [1.29, 1.82) is 0 Å². The molecule has 1 heterocycles. The Morgan fingerprint density at radius 1 is 1.25 bits per heavy atom. The van der Waals surface area contributed by atoms with Crippen LogP contribution in [-0.4, -0.2) is 15.6 Å². The maximum atomic E-state index is 13.5. The molecule has 3 nitrogen and oxygen atoms in total. The molecule has 0 atom stereocenters. The summed E-state index contributed by atoms with van der Waals surface area (Å²) < 4.78 is 16.2. The zero-order chi connectivity index (χ0) is 13.9. The fraction of sp³-hybridized carbons (Fsp3) is 0.400. The summed E-state index contributed by atoms with van der Waals surface area (Å²) in [5.41, 5.74) is 0.765. The van der Waals surface area contributed by atoms with Gasteiger partial charge in [-0.15, -0.1) is 0 Å². The molecule has 1 aromatic carbocycles. The molecule has 0 amide bonds. The lowest BCUT2D eigenvalue weighted by molar-refractivity contribution is 0.460. The van der Waals surface area contributed by atoms with E-state index in [1.54, 1.807) is 12.3 Å². The van der Waals surface area contributed by atoms with E-state index in [4.69, 9.17) is 0 Å². The van der Waals surface area contributed by atoms with Crippen LogP contribution >= 0.6 is 15.9 Å². The highest BCUT2D eigenvalue weighted by atomic mass is 79.9. The van der Waals surface area contributed by atoms with E-state index < -0.39 is 0 Å². The number of benzene rings is 1. The molecule has 0 saturated heterocycles. The van der Waals surface area contributed by atoms with E-state index >= 15 is 0 Å². The average Bonchev–Trinajstić information content (AvgIpc) is 2.91. The molecule has 0 bridgehead atoms. The molecule has 1 aliphatic carbocycles. The lowest BCUT2D eigenvalue weighted by Crippen LogP contribution is -2.24. The van der Waals surface area contributed by atoms with Crippen LogP contribution in [0.4, 0.5) is 10.3 Å². The first-order valence-corrected chi connectivity index (χ1v) is 7.78. The van der Waals surface area contributed by atoms with Crippen molar-refractivity contribution in [2.75, 3.05) is 5.32 Å². The lowest BCUT2D eigenvalue weighted by Gasteiger charge is -2.23. The molecular formula is C15H17BrFN3. The Labute approximate surface area is 126 Å². The normalized spacial score (nSPS) is 16.3. The Morgan fingerprint density at radius 3 is 2.85 bits per heavy atom. The summed E-state index contributed by atoms with van der Waals surface area (Å²) in [6.07, 6.45) is 9.80. The van der Waals surface area contributed by atoms with Gasteiger partial charge in [-0.05, 0) is 47.0 Å². The van der Waals surface area contributed by atoms with Crippen LogP contribution in [0.3, 0.4) is 0 Å². The van der Waals surface area contributed by atoms with Crippen LogP contribution in [-0.2, 0) is 0 Å². The molecule has 0 unspecified atom stereocenters. The zero-order valence-electron chi connectivity index (χ0n) is 11.1. The first-order chi connectivity index (χ1) is 9.74. The number of imidazole rings is 1. The van der Waals surface area contributed by atoms with E-state index in [0.717, 1.165) is 16.1 Å². The van der Waals surface area contributed by atoms with E-state index in [9.17, 15) is 4.39 Å². The second kappa shape index (κ2) is 5.95. The van der Waals surface area contributed by atoms with Gasteiger partial charge in [0.25, 0.3) is 0 Å². The first-order valence-electron chi connectivity index (χ1n) is 6.99. The quantitative estimate of drug-likeness (QED) is 0.892. The predicted molar refractivity (Wildman–Crippen MR) is 81.7 cm³/mol. The molecule has 1 saturated carbocycles. The SMILES string of the molecule is Fc1ccc(Br)c(-n2ccnc2NC2CCCCC2)c1. The molecule has 0 spiro atoms. The molecule has 20 heavy (non-hydrogen) atoms. The van der Waals surface area contributed by atoms with Crippen LogP contribution in [0.2, 0.25) is 0 Å². The van der Waals surface area contributed by atoms with Crippen molar-refractivity contribution in [2.24, 2.45) is 0 Å². The van der Waals surface area contributed by atoms with Gasteiger partial charge in [0.15, 0.2) is 0 Å². The Kier molecular flexibility index (Phi) is 4.05. The first kappa shape index (κ1) is 13.6. The van der Waals surface area contributed by atoms with Crippen LogP contribution in [0.15, 0.2) is 35.1 Å². The highest BCUT2D eigenvalue weighted by molar-refractivity contribution is 9.10. The third kappa shape index (κ3) is 2.87. The minimum atomic E-state index is -0.250. The van der Waals surface area contributed by atoms with E-state index in [0.29, 0.717) is 6.04 Å². The number of hydrogen-bond acceptors (Lipinski definition) is 2. The molecule has 1 aliphatic rings. The van der Waals surface area contributed by atoms with Crippen molar-refractivity contribution in [1.82, 2.24) is 9.55 Å². The summed E-state index contributed by atoms with van der Waals surface area (Å²) in [7, 11) is 0. The van der Waals surface area contributed by atoms with Crippen molar-refractivity contribution in [3.8, 4) is 5.69 Å². The van der Waals surface area contributed by atoms with Crippen molar-refractivity contribution in [3.05, 3.63) is 40.9 Å². The largest absolute Gasteiger partial charge is 0.353 e. The molecule has 5 heteroatoms. The molecule has 1 N–H and O–H groups in total. The average molecular weight is 338 g/mol. The highest BCUT2D eigenvalue weighted by Gasteiger charge is 2.16. The van der Waals surface area contributed by atoms with Crippen LogP contribution in [0.1, 0.15) is 32.1 Å². The van der Waals surface area contributed by atoms with Crippen LogP contribution < -0.4 is 5.32 Å². The summed E-state index contributed by atoms with van der Waals surface area (Å²) in [4.78, 5) is 4.37. The third-order valence-electron chi connectivity index (χ3n) is 3.75. The molecule has 3 rings (SSSR count). The maximum Gasteiger partial charge on any atom is 0.207 e. The van der Waals surface area contributed by atoms with Gasteiger partial charge in [0.05, 0.1) is 5.69 Å². The number of hydrogen-bond donors (Lipinski definition) is 1. The van der Waals surface area contributed by atoms with Crippen molar-refractivity contribution < 1.29 is 4.39 Å². The zero-order valence-corrected chi connectivity index (χ0v) is 12.7. The number of halogens is 2. The van der Waals surface area contributed by atoms with Crippen LogP contribution in [0.25, 0.3) is 5.69 Å². The molecule has 1 aromatic heterocycles. The Morgan fingerprint density at radius 2 is 2.05 bits per heavy atom. The van der Waals surface area contributed by atoms with Gasteiger partial charge in [-0.1, -0.05) is 19.3 Å². The van der Waals surface area contributed by atoms with E-state index in [-0.39, 0.29) is 5.82 Å². The van der Waals surface area contributed by atoms with Gasteiger partial charge in [0.2, 0.25) is 5.95 Å². The summed E-state index contributed by atoms with van der Waals surface area (Å²) in [6.45, 7) is 0. The maximum absolute atomic E-state index is 13.5. The molecule has 1 fully saturated rings. The smallest absolute Gasteiger partial charge is 0.207 e. The topological polar surface area (TPSA) is 29.9 Å². The van der Waals surface area contributed by atoms with Gasteiger partial charge in [-0.2, -0.15) is 0 Å². The van der Waals surface area contributed by atoms with Crippen LogP contribution in [0.5, 0.6) is 0 Å². The van der Waals surface area contributed by atoms with Gasteiger partial charge in [-0.3, -0.25) is 4.57 Å². The fourth-order valence-electron chi connectivity index (χ4n) is 2.70. The Balaban J connectivity index is 1.87. The Bertz CT molecular complexity index is 591. The summed E-state index contributed by atoms with van der Waals surface area (Å²) in [5, 5.41) is 3.48. The van der Waals surface area contributed by atoms with Crippen LogP contribution in [0, 0.1) is 5.82 Å². The molecular weight excluding hydrogens is 321 g/mol. The van der Waals surface area contributed by atoms with Gasteiger partial charge in [0, 0.05) is 22.9 Å². The van der Waals surface area contributed by atoms with Gasteiger partial charge in [-0.25, -0.2) is 9.37 Å². The van der Waals surface area contributed by atoms with Gasteiger partial charge in [0.1, 0.15) is 5.82 Å². The van der Waals surface area contributed by atoms with E-state index in [1.165, 1.54) is 44.2 Å². The lowest BCUT2D eigenvalue weighted by atomic mass is 9.96. The van der Waals surface area contributed by atoms with Gasteiger partial charge >= 0.3 is 0 Å². The Hall–Kier alpha value is -1.36. The fourth-order valence-corrected chi connectivity index (χ4v) is 3.14. The number of aromatic nitrogens is 2. The minimum absolute atomic E-state index is 0.250. The second-order valence-corrected chi connectivity index (χ2v) is 6.05. The minimum Gasteiger partial charge on any atom is -0.353 e. The molecule has 0 aliphatic heterocycles. The molecule has 0 radical (unpaired) electrons. The summed E-state index contributed by atoms with van der Waals surface area (Å²) >= 11 is 3.47. The monoisotopic (exact) mass is 337 g/mol. The van der Waals surface area contributed by atoms with Crippen molar-refractivity contribution in [3.63, 3.8) is 0 Å². The number of nitrogens with one attached hydrogen (secondary N) is 1. The van der Waals surface area contributed by atoms with Crippen molar-refractivity contribution >= 4 is 21.9 Å². The third-order valence-corrected chi connectivity index (χ3v) is 4.42. The molecule has 2 aromatic rings. The summed E-state index contributed by atoms with van der Waals surface area (Å²) in [5.74, 6) is 0.531. The van der Waals surface area contributed by atoms with Crippen molar-refractivity contribution in [2.45, 2.75) is 38.1 Å². The summed E-state index contributed by atoms with van der Waals surface area (Å²) in [6, 6.07) is 5.14. The standard InChI is InChI=1S/C15H17BrFN3/c16-13-7-6-11(17)10-14(13)20-9-8-18-15(20)19-12-4-2-1-3-5-12/h6-10,12H,1-5H2,(H,18,19). The number of rotatable bonds is 3.